The Morgan fingerprint density at radius 3 is 2.18 bits per heavy atom. The molecule has 2 aliphatic rings. The number of hydrogen-bond acceptors (Lipinski definition) is 3. The molecule has 0 bridgehead atoms. The van der Waals surface area contributed by atoms with E-state index in [1.807, 2.05) is 37.3 Å². The monoisotopic (exact) mass is 461 g/mol. The molecule has 0 aliphatic heterocycles. The molecule has 2 fully saturated rings. The molecule has 3 amide bonds. The first-order valence-corrected chi connectivity index (χ1v) is 12.5. The van der Waals surface area contributed by atoms with E-state index in [0.29, 0.717) is 24.1 Å². The SMILES string of the molecule is Cc1ccc(N(C(=O)CNC(=O)c2ccccc2)C2(C(=O)NC3CCCC3)CCCCC2)cc1. The molecule has 2 aromatic carbocycles. The van der Waals surface area contributed by atoms with E-state index in [1.54, 1.807) is 29.2 Å². The topological polar surface area (TPSA) is 78.5 Å². The highest BCUT2D eigenvalue weighted by molar-refractivity contribution is 6.06. The predicted molar refractivity (Wildman–Crippen MR) is 134 cm³/mol. The van der Waals surface area contributed by atoms with Gasteiger partial charge in [-0.15, -0.1) is 0 Å². The number of aryl methyl sites for hydroxylation is 1. The Balaban J connectivity index is 1.62. The maximum absolute atomic E-state index is 13.8. The summed E-state index contributed by atoms with van der Waals surface area (Å²) in [6, 6.07) is 16.8. The lowest BCUT2D eigenvalue weighted by Gasteiger charge is -2.45. The van der Waals surface area contributed by atoms with E-state index >= 15 is 0 Å². The lowest BCUT2D eigenvalue weighted by Crippen LogP contribution is -2.64. The number of carbonyl (C=O) groups is 3. The summed E-state index contributed by atoms with van der Waals surface area (Å²) in [5.74, 6) is -0.620. The minimum atomic E-state index is -0.940. The largest absolute Gasteiger partial charge is 0.351 e. The van der Waals surface area contributed by atoms with E-state index < -0.39 is 5.54 Å². The molecular formula is C28H35N3O3. The Morgan fingerprint density at radius 1 is 0.882 bits per heavy atom. The number of nitrogens with zero attached hydrogens (tertiary/aromatic N) is 1. The second kappa shape index (κ2) is 10.9. The quantitative estimate of drug-likeness (QED) is 0.636. The van der Waals surface area contributed by atoms with E-state index in [9.17, 15) is 14.4 Å². The molecule has 34 heavy (non-hydrogen) atoms. The molecule has 2 aromatic rings. The summed E-state index contributed by atoms with van der Waals surface area (Å²) in [5.41, 5.74) is 1.35. The van der Waals surface area contributed by atoms with Gasteiger partial charge in [0.2, 0.25) is 11.8 Å². The number of nitrogens with one attached hydrogen (secondary N) is 2. The number of amides is 3. The molecule has 6 nitrogen and oxygen atoms in total. The molecule has 2 N–H and O–H groups in total. The molecule has 0 radical (unpaired) electrons. The van der Waals surface area contributed by atoms with E-state index in [0.717, 1.165) is 50.5 Å². The van der Waals surface area contributed by atoms with Gasteiger partial charge in [-0.25, -0.2) is 0 Å². The zero-order chi connectivity index (χ0) is 24.0. The maximum Gasteiger partial charge on any atom is 0.251 e. The molecule has 4 rings (SSSR count). The highest BCUT2D eigenvalue weighted by Gasteiger charge is 2.48. The minimum Gasteiger partial charge on any atom is -0.351 e. The van der Waals surface area contributed by atoms with Gasteiger partial charge in [0.05, 0.1) is 6.54 Å². The lowest BCUT2D eigenvalue weighted by molar-refractivity contribution is -0.132. The molecule has 0 heterocycles. The van der Waals surface area contributed by atoms with Crippen molar-refractivity contribution < 1.29 is 14.4 Å². The van der Waals surface area contributed by atoms with Crippen LogP contribution in [0.1, 0.15) is 73.7 Å². The van der Waals surface area contributed by atoms with E-state index in [4.69, 9.17) is 0 Å². The molecule has 0 aromatic heterocycles. The standard InChI is InChI=1S/C28H35N3O3/c1-21-14-16-24(17-15-21)31(25(32)20-29-26(33)22-10-4-2-5-11-22)28(18-8-3-9-19-28)27(34)30-23-12-6-7-13-23/h2,4-5,10-11,14-17,23H,3,6-9,12-13,18-20H2,1H3,(H,29,33)(H,30,34). The fourth-order valence-corrected chi connectivity index (χ4v) is 5.33. The van der Waals surface area contributed by atoms with Crippen LogP contribution >= 0.6 is 0 Å². The van der Waals surface area contributed by atoms with Crippen LogP contribution in [-0.4, -0.2) is 35.8 Å². The van der Waals surface area contributed by atoms with Crippen LogP contribution < -0.4 is 15.5 Å². The van der Waals surface area contributed by atoms with Crippen LogP contribution in [0.4, 0.5) is 5.69 Å². The van der Waals surface area contributed by atoms with Crippen molar-refractivity contribution in [1.29, 1.82) is 0 Å². The van der Waals surface area contributed by atoms with Crippen molar-refractivity contribution in [3.8, 4) is 0 Å². The number of anilines is 1. The van der Waals surface area contributed by atoms with Gasteiger partial charge in [0.15, 0.2) is 0 Å². The van der Waals surface area contributed by atoms with Crippen LogP contribution in [0.2, 0.25) is 0 Å². The highest BCUT2D eigenvalue weighted by atomic mass is 16.2. The summed E-state index contributed by atoms with van der Waals surface area (Å²) >= 11 is 0. The third-order valence-electron chi connectivity index (χ3n) is 7.20. The molecule has 0 atom stereocenters. The van der Waals surface area contributed by atoms with E-state index in [2.05, 4.69) is 10.6 Å². The van der Waals surface area contributed by atoms with Crippen LogP contribution in [0.5, 0.6) is 0 Å². The first-order chi connectivity index (χ1) is 16.5. The minimum absolute atomic E-state index is 0.0533. The van der Waals surface area contributed by atoms with Crippen molar-refractivity contribution in [3.63, 3.8) is 0 Å². The number of benzene rings is 2. The fraction of sp³-hybridized carbons (Fsp3) is 0.464. The summed E-state index contributed by atoms with van der Waals surface area (Å²) in [6.07, 6.45) is 8.33. The van der Waals surface area contributed by atoms with Crippen molar-refractivity contribution in [3.05, 3.63) is 65.7 Å². The molecule has 0 saturated heterocycles. The van der Waals surface area contributed by atoms with Gasteiger partial charge >= 0.3 is 0 Å². The van der Waals surface area contributed by atoms with Gasteiger partial charge < -0.3 is 10.6 Å². The number of hydrogen-bond donors (Lipinski definition) is 2. The van der Waals surface area contributed by atoms with Crippen LogP contribution in [0.25, 0.3) is 0 Å². The normalized spacial score (nSPS) is 17.7. The van der Waals surface area contributed by atoms with Gasteiger partial charge in [-0.05, 0) is 56.9 Å². The van der Waals surface area contributed by atoms with Crippen molar-refractivity contribution in [2.45, 2.75) is 76.3 Å². The molecule has 2 aliphatic carbocycles. The van der Waals surface area contributed by atoms with Crippen LogP contribution in [0.15, 0.2) is 54.6 Å². The lowest BCUT2D eigenvalue weighted by atomic mass is 9.78. The maximum atomic E-state index is 13.8. The third kappa shape index (κ3) is 5.32. The summed E-state index contributed by atoms with van der Waals surface area (Å²) in [6.45, 7) is 1.83. The number of rotatable bonds is 7. The summed E-state index contributed by atoms with van der Waals surface area (Å²) in [4.78, 5) is 41.9. The average molecular weight is 462 g/mol. The van der Waals surface area contributed by atoms with Crippen LogP contribution in [0, 0.1) is 6.92 Å². The van der Waals surface area contributed by atoms with Crippen molar-refractivity contribution in [2.75, 3.05) is 11.4 Å². The number of carbonyl (C=O) groups excluding carboxylic acids is 3. The molecule has 6 heteroatoms. The molecule has 180 valence electrons. The predicted octanol–water partition coefficient (Wildman–Crippen LogP) is 4.52. The van der Waals surface area contributed by atoms with Crippen molar-refractivity contribution in [1.82, 2.24) is 10.6 Å². The summed E-state index contributed by atoms with van der Waals surface area (Å²) in [5, 5.41) is 6.04. The Kier molecular flexibility index (Phi) is 7.66. The van der Waals surface area contributed by atoms with Crippen LogP contribution in [-0.2, 0) is 9.59 Å². The third-order valence-corrected chi connectivity index (χ3v) is 7.20. The van der Waals surface area contributed by atoms with Gasteiger partial charge in [0, 0.05) is 17.3 Å². The Hall–Kier alpha value is -3.15. The zero-order valence-electron chi connectivity index (χ0n) is 20.0. The molecule has 2 saturated carbocycles. The highest BCUT2D eigenvalue weighted by Crippen LogP contribution is 2.38. The molecule has 0 unspecified atom stereocenters. The van der Waals surface area contributed by atoms with Crippen LogP contribution in [0.3, 0.4) is 0 Å². The second-order valence-electron chi connectivity index (χ2n) is 9.66. The van der Waals surface area contributed by atoms with E-state index in [1.165, 1.54) is 0 Å². The van der Waals surface area contributed by atoms with Gasteiger partial charge in [-0.1, -0.05) is 68.0 Å². The van der Waals surface area contributed by atoms with Gasteiger partial charge in [0.25, 0.3) is 5.91 Å². The van der Waals surface area contributed by atoms with Crippen molar-refractivity contribution in [2.24, 2.45) is 0 Å². The summed E-state index contributed by atoms with van der Waals surface area (Å²) < 4.78 is 0. The van der Waals surface area contributed by atoms with Gasteiger partial charge in [-0.3, -0.25) is 19.3 Å². The Morgan fingerprint density at radius 2 is 1.53 bits per heavy atom. The zero-order valence-corrected chi connectivity index (χ0v) is 20.0. The van der Waals surface area contributed by atoms with E-state index in [-0.39, 0.29) is 30.3 Å². The Labute approximate surface area is 202 Å². The average Bonchev–Trinajstić information content (AvgIpc) is 3.38. The first kappa shape index (κ1) is 24.0. The fourth-order valence-electron chi connectivity index (χ4n) is 5.33. The van der Waals surface area contributed by atoms with Gasteiger partial charge in [-0.2, -0.15) is 0 Å². The first-order valence-electron chi connectivity index (χ1n) is 12.5. The van der Waals surface area contributed by atoms with Crippen molar-refractivity contribution >= 4 is 23.4 Å². The van der Waals surface area contributed by atoms with Gasteiger partial charge in [0.1, 0.15) is 5.54 Å². The molecular weight excluding hydrogens is 426 g/mol. The Bertz CT molecular complexity index is 991. The smallest absolute Gasteiger partial charge is 0.251 e. The second-order valence-corrected chi connectivity index (χ2v) is 9.66. The summed E-state index contributed by atoms with van der Waals surface area (Å²) in [7, 11) is 0. The molecule has 0 spiro atoms.